The second-order valence-corrected chi connectivity index (χ2v) is 29.6. The molecular formula is C80H133N9O30. The molecule has 0 aromatic heterocycles. The van der Waals surface area contributed by atoms with E-state index in [1.807, 2.05) is 13.8 Å². The number of ether oxygens (including phenoxy) is 15. The Labute approximate surface area is 697 Å². The molecule has 39 nitrogen and oxygen atoms in total. The number of carboxylic acids is 2. The molecule has 1 saturated heterocycles. The fourth-order valence-electron chi connectivity index (χ4n) is 11.6. The van der Waals surface area contributed by atoms with E-state index in [0.29, 0.717) is 163 Å². The SMILES string of the molecule is CN[C@H](C(=O)N[C@H](C(=O)N(C)[C@H](/C=C(\C)C(=O)O)C(C)C)C(C)(C)C)C(C)(C)c1cccc(NC(=O)OCc2ccc(O[C@@H]3O[C@H](C(=O)O)[C@@H](O)[C@H](O)[C@H]3O)c(CNC(=O)CCNC(=O)[C@H](CNC(=O)CCOCCOCCOCCOCCOCCOCCOCCOCCOCCOCCOCCOC)NC(=O)CCCCCON)c2)c1. The van der Waals surface area contributed by atoms with Crippen molar-refractivity contribution < 1.29 is 145 Å². The quantitative estimate of drug-likeness (QED) is 0.0250. The van der Waals surface area contributed by atoms with E-state index in [2.05, 4.69) is 42.1 Å². The highest BCUT2D eigenvalue weighted by molar-refractivity contribution is 5.92. The van der Waals surface area contributed by atoms with Gasteiger partial charge in [-0.25, -0.2) is 20.3 Å². The lowest BCUT2D eigenvalue weighted by Crippen LogP contribution is -2.61. The summed E-state index contributed by atoms with van der Waals surface area (Å²) in [4.78, 5) is 125. The van der Waals surface area contributed by atoms with Crippen LogP contribution in [0.3, 0.4) is 0 Å². The third-order valence-electron chi connectivity index (χ3n) is 18.4. The number of nitrogens with two attached hydrogens (primary N) is 1. The average Bonchev–Trinajstić information content (AvgIpc) is 1.11. The Bertz CT molecular complexity index is 3300. The van der Waals surface area contributed by atoms with Gasteiger partial charge in [0.2, 0.25) is 41.7 Å². The Hall–Kier alpha value is -7.75. The second-order valence-electron chi connectivity index (χ2n) is 29.6. The Morgan fingerprint density at radius 3 is 1.59 bits per heavy atom. The lowest BCUT2D eigenvalue weighted by atomic mass is 9.76. The molecule has 1 aliphatic rings. The summed E-state index contributed by atoms with van der Waals surface area (Å²) in [5.74, 6) is -1.20. The summed E-state index contributed by atoms with van der Waals surface area (Å²) in [6, 6.07) is 7.06. The number of hydrogen-bond acceptors (Lipinski definition) is 30. The van der Waals surface area contributed by atoms with Gasteiger partial charge in [0, 0.05) is 75.3 Å². The van der Waals surface area contributed by atoms with E-state index < -0.39 is 126 Å². The number of nitrogens with zero attached hydrogens (tertiary/aromatic N) is 1. The molecule has 7 amide bonds. The fourth-order valence-corrected chi connectivity index (χ4v) is 11.6. The number of anilines is 1. The smallest absolute Gasteiger partial charge is 0.411 e. The molecule has 0 unspecified atom stereocenters. The molecule has 9 atom stereocenters. The third-order valence-corrected chi connectivity index (χ3v) is 18.4. The van der Waals surface area contributed by atoms with Crippen molar-refractivity contribution in [2.24, 2.45) is 17.2 Å². The summed E-state index contributed by atoms with van der Waals surface area (Å²) in [5, 5.41) is 70.4. The Balaban J connectivity index is 1.49. The van der Waals surface area contributed by atoms with Gasteiger partial charge < -0.3 is 138 Å². The van der Waals surface area contributed by atoms with Crippen LogP contribution in [0.2, 0.25) is 0 Å². The van der Waals surface area contributed by atoms with Gasteiger partial charge in [-0.3, -0.25) is 34.1 Å². The van der Waals surface area contributed by atoms with Crippen LogP contribution < -0.4 is 47.9 Å². The van der Waals surface area contributed by atoms with E-state index >= 15 is 0 Å². The van der Waals surface area contributed by atoms with Gasteiger partial charge >= 0.3 is 18.0 Å². The van der Waals surface area contributed by atoms with Crippen molar-refractivity contribution in [1.82, 2.24) is 36.8 Å². The number of unbranched alkanes of at least 4 members (excludes halogenated alkanes) is 2. The summed E-state index contributed by atoms with van der Waals surface area (Å²) in [6.07, 6.45) is -8.05. The van der Waals surface area contributed by atoms with Crippen LogP contribution in [0.15, 0.2) is 54.1 Å². The highest BCUT2D eigenvalue weighted by atomic mass is 16.7. The number of carbonyl (C=O) groups excluding carboxylic acids is 7. The number of methoxy groups -OCH3 is 1. The number of carbonyl (C=O) groups is 9. The van der Waals surface area contributed by atoms with Gasteiger partial charge in [0.05, 0.1) is 171 Å². The molecule has 1 aliphatic heterocycles. The van der Waals surface area contributed by atoms with Crippen molar-refractivity contribution in [2.45, 2.75) is 167 Å². The summed E-state index contributed by atoms with van der Waals surface area (Å²) in [7, 11) is 4.79. The van der Waals surface area contributed by atoms with Gasteiger partial charge in [-0.1, -0.05) is 79.2 Å². The molecule has 0 bridgehead atoms. The van der Waals surface area contributed by atoms with Crippen LogP contribution >= 0.6 is 0 Å². The number of benzene rings is 2. The molecule has 39 heteroatoms. The molecule has 2 aromatic rings. The minimum Gasteiger partial charge on any atom is -0.479 e. The van der Waals surface area contributed by atoms with Crippen molar-refractivity contribution in [1.29, 1.82) is 0 Å². The van der Waals surface area contributed by atoms with Gasteiger partial charge in [-0.2, -0.15) is 0 Å². The molecule has 119 heavy (non-hydrogen) atoms. The Kier molecular flexibility index (Phi) is 53.8. The highest BCUT2D eigenvalue weighted by Crippen LogP contribution is 2.32. The first kappa shape index (κ1) is 105. The maximum atomic E-state index is 14.4. The second kappa shape index (κ2) is 60.7. The normalized spacial score (nSPS) is 16.7. The summed E-state index contributed by atoms with van der Waals surface area (Å²) < 4.78 is 82.2. The number of nitrogens with one attached hydrogen (secondary N) is 7. The van der Waals surface area contributed by atoms with Crippen molar-refractivity contribution in [3.05, 3.63) is 70.8 Å². The number of likely N-dealkylation sites (N-methyl/N-ethyl adjacent to an activating group) is 2. The minimum atomic E-state index is -2.03. The zero-order valence-corrected chi connectivity index (χ0v) is 70.9. The van der Waals surface area contributed by atoms with Crippen LogP contribution in [0, 0.1) is 11.3 Å². The van der Waals surface area contributed by atoms with Gasteiger partial charge in [0.25, 0.3) is 0 Å². The predicted molar refractivity (Wildman–Crippen MR) is 430 cm³/mol. The van der Waals surface area contributed by atoms with Gasteiger partial charge in [0.1, 0.15) is 42.8 Å². The minimum absolute atomic E-state index is 0.0183. The van der Waals surface area contributed by atoms with E-state index in [1.54, 1.807) is 80.1 Å². The first-order valence-electron chi connectivity index (χ1n) is 40.1. The monoisotopic (exact) mass is 1700 g/mol. The van der Waals surface area contributed by atoms with Gasteiger partial charge in [-0.15, -0.1) is 0 Å². The fraction of sp³-hybridized carbons (Fsp3) is 0.713. The number of rotatable bonds is 67. The molecule has 14 N–H and O–H groups in total. The highest BCUT2D eigenvalue weighted by Gasteiger charge is 2.49. The summed E-state index contributed by atoms with van der Waals surface area (Å²) >= 11 is 0. The van der Waals surface area contributed by atoms with Gasteiger partial charge in [-0.05, 0) is 73.5 Å². The molecule has 1 heterocycles. The molecule has 0 aliphatic carbocycles. The zero-order chi connectivity index (χ0) is 88.0. The average molecular weight is 1700 g/mol. The first-order chi connectivity index (χ1) is 56.9. The van der Waals surface area contributed by atoms with E-state index in [0.717, 1.165) is 0 Å². The third kappa shape index (κ3) is 43.5. The number of hydrogen-bond donors (Lipinski definition) is 13. The molecule has 3 rings (SSSR count). The molecule has 678 valence electrons. The molecule has 0 spiro atoms. The largest absolute Gasteiger partial charge is 0.479 e. The van der Waals surface area contributed by atoms with Crippen LogP contribution in [0.5, 0.6) is 5.75 Å². The van der Waals surface area contributed by atoms with E-state index in [9.17, 15) is 68.7 Å². The van der Waals surface area contributed by atoms with Crippen molar-refractivity contribution >= 4 is 59.2 Å². The standard InChI is InChI=1S/C80H133N9O30/c1-54(2)61(48-55(3)75(99)100)89(10)74(98)71(79(4,5)6)88-73(97)70(82-9)80(7,8)58-16-15-17-59(50-58)86-78(103)116-53-56-19-20-62(118-77-68(95)66(93)67(94)69(119-77)76(101)102)57(49-56)51-84-63(90)21-23-83-72(96)60(87-65(92)18-13-12-14-24-117-81)52-85-64(91)22-25-105-28-29-107-32-33-109-36-37-111-40-41-113-44-45-115-47-46-114-43-42-112-39-38-110-35-34-108-31-30-106-27-26-104-11/h15-17,19-20,48-50,54,60-61,66-71,77,82,93-95H,12-14,18,21-47,51-53,81H2,1-11H3,(H,83,96)(H,84,90)(H,85,91)(H,86,103)(H,87,92)(H,88,97)(H,99,100)(H,101,102)/b55-48+/t60-,61+,66-,67-,68+,69-,70+,71+,77+/m0/s1. The van der Waals surface area contributed by atoms with Crippen LogP contribution in [-0.4, -0.2) is 332 Å². The number of aliphatic hydroxyl groups is 3. The van der Waals surface area contributed by atoms with Crippen molar-refractivity contribution in [3.8, 4) is 5.75 Å². The van der Waals surface area contributed by atoms with Crippen molar-refractivity contribution in [2.75, 3.05) is 198 Å². The predicted octanol–water partition coefficient (Wildman–Crippen LogP) is 1.01. The lowest BCUT2D eigenvalue weighted by molar-refractivity contribution is -0.271. The first-order valence-corrected chi connectivity index (χ1v) is 40.1. The molecular weight excluding hydrogens is 1570 g/mol. The van der Waals surface area contributed by atoms with E-state index in [1.165, 1.54) is 36.1 Å². The van der Waals surface area contributed by atoms with Crippen molar-refractivity contribution in [3.63, 3.8) is 0 Å². The lowest BCUT2D eigenvalue weighted by Gasteiger charge is -2.40. The van der Waals surface area contributed by atoms with Crippen LogP contribution in [-0.2, 0) is 128 Å². The van der Waals surface area contributed by atoms with Crippen LogP contribution in [0.1, 0.15) is 111 Å². The zero-order valence-electron chi connectivity index (χ0n) is 70.9. The maximum absolute atomic E-state index is 14.4. The van der Waals surface area contributed by atoms with E-state index in [-0.39, 0.29) is 93.8 Å². The molecule has 2 aromatic carbocycles. The Morgan fingerprint density at radius 2 is 1.10 bits per heavy atom. The van der Waals surface area contributed by atoms with Crippen LogP contribution in [0.4, 0.5) is 10.5 Å². The Morgan fingerprint density at radius 1 is 0.580 bits per heavy atom. The van der Waals surface area contributed by atoms with E-state index in [4.69, 9.17) is 76.9 Å². The number of carboxylic acid groups (broad SMARTS) is 2. The van der Waals surface area contributed by atoms with Gasteiger partial charge in [0.15, 0.2) is 6.10 Å². The topological polar surface area (TPSA) is 516 Å². The number of aliphatic hydroxyl groups excluding tert-OH is 3. The molecule has 1 fully saturated rings. The summed E-state index contributed by atoms with van der Waals surface area (Å²) in [5.41, 5.74) is -0.390. The number of amides is 7. The number of aliphatic carboxylic acids is 2. The van der Waals surface area contributed by atoms with Crippen LogP contribution in [0.25, 0.3) is 0 Å². The molecule has 0 saturated carbocycles. The summed E-state index contributed by atoms with van der Waals surface area (Å²) in [6.45, 7) is 22.4. The maximum Gasteiger partial charge on any atom is 0.411 e. The molecule has 0 radical (unpaired) electrons.